The molecule has 0 aliphatic carbocycles. The Bertz CT molecular complexity index is 321. The molecule has 0 aromatic carbocycles. The first-order valence-electron chi connectivity index (χ1n) is 5.17. The number of hydrogen-bond donors (Lipinski definition) is 2. The molecule has 1 amide bonds. The molecule has 1 atom stereocenters. The molecule has 5 heteroatoms. The lowest BCUT2D eigenvalue weighted by Gasteiger charge is -2.09. The fourth-order valence-corrected chi connectivity index (χ4v) is 1.10. The molecule has 0 bridgehead atoms. The summed E-state index contributed by atoms with van der Waals surface area (Å²) in [5.41, 5.74) is 5.43. The third-order valence-electron chi connectivity index (χ3n) is 2.31. The maximum absolute atomic E-state index is 11.4. The van der Waals surface area contributed by atoms with E-state index < -0.39 is 0 Å². The molecule has 0 saturated heterocycles. The first-order valence-corrected chi connectivity index (χ1v) is 5.17. The Hall–Kier alpha value is -1.52. The second-order valence-corrected chi connectivity index (χ2v) is 3.76. The van der Waals surface area contributed by atoms with Gasteiger partial charge in [-0.2, -0.15) is 5.10 Å². The summed E-state index contributed by atoms with van der Waals surface area (Å²) in [6.07, 6.45) is 2.76. The van der Waals surface area contributed by atoms with E-state index in [1.807, 2.05) is 0 Å². The SMILES string of the molecule is CCC(C)CNC(=O)Cn1ccc(N)n1. The van der Waals surface area contributed by atoms with Crippen molar-refractivity contribution in [1.29, 1.82) is 0 Å². The molecule has 0 fully saturated rings. The summed E-state index contributed by atoms with van der Waals surface area (Å²) in [6.45, 7) is 5.15. The highest BCUT2D eigenvalue weighted by Crippen LogP contribution is 1.98. The molecule has 0 aliphatic heterocycles. The Morgan fingerprint density at radius 3 is 3.00 bits per heavy atom. The topological polar surface area (TPSA) is 72.9 Å². The Kier molecular flexibility index (Phi) is 4.15. The highest BCUT2D eigenvalue weighted by Gasteiger charge is 2.05. The van der Waals surface area contributed by atoms with Crippen molar-refractivity contribution in [3.8, 4) is 0 Å². The average Bonchev–Trinajstić information content (AvgIpc) is 2.60. The molecule has 5 nitrogen and oxygen atoms in total. The standard InChI is InChI=1S/C10H18N4O/c1-3-8(2)6-12-10(15)7-14-5-4-9(11)13-14/h4-5,8H,3,6-7H2,1-2H3,(H2,11,13)(H,12,15). The quantitative estimate of drug-likeness (QED) is 0.748. The van der Waals surface area contributed by atoms with E-state index in [0.29, 0.717) is 18.3 Å². The number of carbonyl (C=O) groups excluding carboxylic acids is 1. The Labute approximate surface area is 89.6 Å². The number of amides is 1. The summed E-state index contributed by atoms with van der Waals surface area (Å²) in [7, 11) is 0. The number of hydrogen-bond acceptors (Lipinski definition) is 3. The molecule has 84 valence electrons. The van der Waals surface area contributed by atoms with Gasteiger partial charge in [-0.15, -0.1) is 0 Å². The van der Waals surface area contributed by atoms with Crippen molar-refractivity contribution in [3.05, 3.63) is 12.3 Å². The minimum absolute atomic E-state index is 0.0293. The van der Waals surface area contributed by atoms with Crippen LogP contribution in [-0.4, -0.2) is 22.2 Å². The highest BCUT2D eigenvalue weighted by atomic mass is 16.2. The highest BCUT2D eigenvalue weighted by molar-refractivity contribution is 5.75. The van der Waals surface area contributed by atoms with Gasteiger partial charge < -0.3 is 11.1 Å². The maximum Gasteiger partial charge on any atom is 0.241 e. The normalized spacial score (nSPS) is 12.4. The fourth-order valence-electron chi connectivity index (χ4n) is 1.10. The van der Waals surface area contributed by atoms with Crippen molar-refractivity contribution >= 4 is 11.7 Å². The van der Waals surface area contributed by atoms with E-state index in [1.165, 1.54) is 4.68 Å². The lowest BCUT2D eigenvalue weighted by atomic mass is 10.1. The van der Waals surface area contributed by atoms with E-state index in [0.717, 1.165) is 6.42 Å². The number of carbonyl (C=O) groups is 1. The van der Waals surface area contributed by atoms with Gasteiger partial charge in [-0.3, -0.25) is 9.48 Å². The molecule has 0 spiro atoms. The average molecular weight is 210 g/mol. The van der Waals surface area contributed by atoms with Crippen LogP contribution in [0.4, 0.5) is 5.82 Å². The van der Waals surface area contributed by atoms with Crippen molar-refractivity contribution in [2.75, 3.05) is 12.3 Å². The van der Waals surface area contributed by atoms with Crippen LogP contribution in [0.25, 0.3) is 0 Å². The van der Waals surface area contributed by atoms with Gasteiger partial charge in [0.2, 0.25) is 5.91 Å². The van der Waals surface area contributed by atoms with Crippen LogP contribution in [0.3, 0.4) is 0 Å². The molecule has 1 rings (SSSR count). The van der Waals surface area contributed by atoms with Crippen LogP contribution in [0, 0.1) is 5.92 Å². The van der Waals surface area contributed by atoms with Crippen molar-refractivity contribution in [3.63, 3.8) is 0 Å². The van der Waals surface area contributed by atoms with Crippen molar-refractivity contribution in [1.82, 2.24) is 15.1 Å². The molecule has 15 heavy (non-hydrogen) atoms. The van der Waals surface area contributed by atoms with Crippen LogP contribution in [0.5, 0.6) is 0 Å². The number of nitrogens with one attached hydrogen (secondary N) is 1. The number of aromatic nitrogens is 2. The zero-order valence-electron chi connectivity index (χ0n) is 9.23. The van der Waals surface area contributed by atoms with Crippen LogP contribution in [0.2, 0.25) is 0 Å². The number of nitrogens with zero attached hydrogens (tertiary/aromatic N) is 2. The summed E-state index contributed by atoms with van der Waals surface area (Å²) in [4.78, 5) is 11.4. The predicted octanol–water partition coefficient (Wildman–Crippen LogP) is 0.628. The van der Waals surface area contributed by atoms with Crippen LogP contribution in [0.1, 0.15) is 20.3 Å². The number of nitrogens with two attached hydrogens (primary N) is 1. The molecular formula is C10H18N4O. The van der Waals surface area contributed by atoms with Gasteiger partial charge in [-0.1, -0.05) is 20.3 Å². The second kappa shape index (κ2) is 5.38. The summed E-state index contributed by atoms with van der Waals surface area (Å²) < 4.78 is 1.53. The summed E-state index contributed by atoms with van der Waals surface area (Å²) in [6, 6.07) is 1.67. The zero-order valence-corrected chi connectivity index (χ0v) is 9.23. The van der Waals surface area contributed by atoms with Crippen LogP contribution in [-0.2, 0) is 11.3 Å². The van der Waals surface area contributed by atoms with Gasteiger partial charge in [0.25, 0.3) is 0 Å². The monoisotopic (exact) mass is 210 g/mol. The largest absolute Gasteiger partial charge is 0.382 e. The molecule has 1 heterocycles. The van der Waals surface area contributed by atoms with Gasteiger partial charge >= 0.3 is 0 Å². The van der Waals surface area contributed by atoms with Crippen molar-refractivity contribution in [2.45, 2.75) is 26.8 Å². The Morgan fingerprint density at radius 2 is 2.47 bits per heavy atom. The lowest BCUT2D eigenvalue weighted by Crippen LogP contribution is -2.31. The van der Waals surface area contributed by atoms with E-state index >= 15 is 0 Å². The van der Waals surface area contributed by atoms with Crippen molar-refractivity contribution < 1.29 is 4.79 Å². The summed E-state index contributed by atoms with van der Waals surface area (Å²) in [5.74, 6) is 0.916. The summed E-state index contributed by atoms with van der Waals surface area (Å²) in [5, 5.41) is 6.78. The summed E-state index contributed by atoms with van der Waals surface area (Å²) >= 11 is 0. The van der Waals surface area contributed by atoms with Gasteiger partial charge in [0.15, 0.2) is 0 Å². The number of anilines is 1. The smallest absolute Gasteiger partial charge is 0.241 e. The first kappa shape index (κ1) is 11.6. The Balaban J connectivity index is 2.30. The second-order valence-electron chi connectivity index (χ2n) is 3.76. The van der Waals surface area contributed by atoms with Gasteiger partial charge in [0, 0.05) is 12.7 Å². The van der Waals surface area contributed by atoms with E-state index in [9.17, 15) is 4.79 Å². The molecule has 1 aromatic heterocycles. The zero-order chi connectivity index (χ0) is 11.3. The molecule has 0 aliphatic rings. The molecule has 0 saturated carbocycles. The third-order valence-corrected chi connectivity index (χ3v) is 2.31. The molecule has 1 aromatic rings. The van der Waals surface area contributed by atoms with E-state index in [4.69, 9.17) is 5.73 Å². The predicted molar refractivity (Wildman–Crippen MR) is 59.1 cm³/mol. The molecule has 0 radical (unpaired) electrons. The van der Waals surface area contributed by atoms with Gasteiger partial charge in [0.05, 0.1) is 0 Å². The maximum atomic E-state index is 11.4. The first-order chi connectivity index (χ1) is 7.11. The minimum Gasteiger partial charge on any atom is -0.382 e. The Morgan fingerprint density at radius 1 is 1.73 bits per heavy atom. The molecule has 1 unspecified atom stereocenters. The number of rotatable bonds is 5. The van der Waals surface area contributed by atoms with Crippen LogP contribution >= 0.6 is 0 Å². The fraction of sp³-hybridized carbons (Fsp3) is 0.600. The lowest BCUT2D eigenvalue weighted by molar-refractivity contribution is -0.122. The number of nitrogen functional groups attached to an aromatic ring is 1. The van der Waals surface area contributed by atoms with E-state index in [2.05, 4.69) is 24.3 Å². The van der Waals surface area contributed by atoms with E-state index in [-0.39, 0.29) is 12.5 Å². The van der Waals surface area contributed by atoms with E-state index in [1.54, 1.807) is 12.3 Å². The minimum atomic E-state index is -0.0293. The third kappa shape index (κ3) is 4.01. The van der Waals surface area contributed by atoms with Gasteiger partial charge in [-0.25, -0.2) is 0 Å². The van der Waals surface area contributed by atoms with Crippen molar-refractivity contribution in [2.24, 2.45) is 5.92 Å². The van der Waals surface area contributed by atoms with Gasteiger partial charge in [0.1, 0.15) is 12.4 Å². The van der Waals surface area contributed by atoms with Crippen LogP contribution < -0.4 is 11.1 Å². The van der Waals surface area contributed by atoms with Crippen LogP contribution in [0.15, 0.2) is 12.3 Å². The van der Waals surface area contributed by atoms with Gasteiger partial charge in [-0.05, 0) is 12.0 Å². The molecule has 3 N–H and O–H groups in total. The molecular weight excluding hydrogens is 192 g/mol.